The van der Waals surface area contributed by atoms with Gasteiger partial charge in [-0.2, -0.15) is 5.21 Å². The number of fused-ring (bicyclic) bond motifs is 2. The van der Waals surface area contributed by atoms with E-state index in [0.717, 1.165) is 50.3 Å². The number of nitrogens with zero attached hydrogens (tertiary/aromatic N) is 4. The predicted octanol–water partition coefficient (Wildman–Crippen LogP) is 8.61. The Labute approximate surface area is 287 Å². The Hall–Kier alpha value is -6.19. The van der Waals surface area contributed by atoms with Gasteiger partial charge in [0.25, 0.3) is 5.91 Å². The van der Waals surface area contributed by atoms with E-state index in [4.69, 9.17) is 21.1 Å². The van der Waals surface area contributed by atoms with E-state index in [1.807, 2.05) is 54.7 Å². The standard InChI is InChI=1S/C22H19NO2.C17H12ClN5O/c1-24-17-11-7-15(8-12-17)21-19-5-3-4-6-20(19)23-22(21)16-9-13-18(25-2)14-10-16;18-13-7-5-11(6-8-13)17(24)23-10-12(9-16-19-21-22-20-16)14-3-1-2-4-15(14)23/h3-14,23H,1-2H3;1-8,10H,9H2,(H,19,20,21,22). The van der Waals surface area contributed by atoms with Gasteiger partial charge in [0.15, 0.2) is 5.82 Å². The van der Waals surface area contributed by atoms with Crippen LogP contribution in [0.2, 0.25) is 5.02 Å². The highest BCUT2D eigenvalue weighted by Gasteiger charge is 2.17. The average molecular weight is 667 g/mol. The van der Waals surface area contributed by atoms with E-state index in [1.54, 1.807) is 43.1 Å². The van der Waals surface area contributed by atoms with Crippen LogP contribution < -0.4 is 9.47 Å². The maximum Gasteiger partial charge on any atom is 0.262 e. The maximum absolute atomic E-state index is 12.9. The van der Waals surface area contributed by atoms with Crippen molar-refractivity contribution < 1.29 is 14.3 Å². The lowest BCUT2D eigenvalue weighted by molar-refractivity contribution is 0.0965. The molecule has 9 nitrogen and oxygen atoms in total. The summed E-state index contributed by atoms with van der Waals surface area (Å²) in [6.45, 7) is 0. The number of halogens is 1. The largest absolute Gasteiger partial charge is 0.497 e. The van der Waals surface area contributed by atoms with Gasteiger partial charge in [0.05, 0.1) is 25.4 Å². The maximum atomic E-state index is 12.9. The molecule has 49 heavy (non-hydrogen) atoms. The van der Waals surface area contributed by atoms with Crippen LogP contribution in [0, 0.1) is 0 Å². The number of methoxy groups -OCH3 is 2. The lowest BCUT2D eigenvalue weighted by Crippen LogP contribution is -2.10. The Bertz CT molecular complexity index is 2340. The van der Waals surface area contributed by atoms with Crippen molar-refractivity contribution in [2.75, 3.05) is 14.2 Å². The van der Waals surface area contributed by atoms with Crippen molar-refractivity contribution in [1.29, 1.82) is 0 Å². The summed E-state index contributed by atoms with van der Waals surface area (Å²) >= 11 is 5.90. The number of benzene rings is 5. The molecule has 0 saturated heterocycles. The topological polar surface area (TPSA) is 111 Å². The average Bonchev–Trinajstić information content (AvgIpc) is 3.90. The van der Waals surface area contributed by atoms with E-state index >= 15 is 0 Å². The molecule has 8 aromatic rings. The van der Waals surface area contributed by atoms with Crippen LogP contribution in [0.3, 0.4) is 0 Å². The van der Waals surface area contributed by atoms with Crippen LogP contribution in [0.4, 0.5) is 0 Å². The molecule has 242 valence electrons. The molecule has 0 spiro atoms. The highest BCUT2D eigenvalue weighted by atomic mass is 35.5. The zero-order chi connectivity index (χ0) is 33.7. The third-order valence-electron chi connectivity index (χ3n) is 8.31. The number of carbonyl (C=O) groups excluding carboxylic acids is 1. The van der Waals surface area contributed by atoms with E-state index in [-0.39, 0.29) is 5.91 Å². The molecular formula is C39H31ClN6O3. The zero-order valence-electron chi connectivity index (χ0n) is 26.7. The molecular weight excluding hydrogens is 636 g/mol. The number of rotatable bonds is 7. The van der Waals surface area contributed by atoms with Crippen molar-refractivity contribution in [2.45, 2.75) is 6.42 Å². The summed E-state index contributed by atoms with van der Waals surface area (Å²) in [5.41, 5.74) is 8.10. The van der Waals surface area contributed by atoms with Crippen LogP contribution in [0.5, 0.6) is 11.5 Å². The van der Waals surface area contributed by atoms with Gasteiger partial charge in [0.2, 0.25) is 0 Å². The van der Waals surface area contributed by atoms with Crippen LogP contribution in [-0.2, 0) is 6.42 Å². The van der Waals surface area contributed by atoms with Crippen molar-refractivity contribution in [3.63, 3.8) is 0 Å². The van der Waals surface area contributed by atoms with Gasteiger partial charge in [-0.05, 0) is 89.5 Å². The first-order valence-corrected chi connectivity index (χ1v) is 15.9. The molecule has 3 aromatic heterocycles. The third kappa shape index (κ3) is 6.52. The molecule has 0 aliphatic rings. The highest BCUT2D eigenvalue weighted by Crippen LogP contribution is 2.39. The number of para-hydroxylation sites is 2. The minimum Gasteiger partial charge on any atom is -0.497 e. The molecule has 0 saturated carbocycles. The number of hydrogen-bond donors (Lipinski definition) is 2. The summed E-state index contributed by atoms with van der Waals surface area (Å²) in [5.74, 6) is 2.18. The summed E-state index contributed by atoms with van der Waals surface area (Å²) in [5, 5.41) is 16.8. The first kappa shape index (κ1) is 31.4. The van der Waals surface area contributed by atoms with Gasteiger partial charge in [-0.25, -0.2) is 0 Å². The molecule has 0 radical (unpaired) electrons. The Balaban J connectivity index is 0.000000154. The molecule has 10 heteroatoms. The first-order chi connectivity index (χ1) is 24.0. The molecule has 3 heterocycles. The number of ether oxygens (including phenoxy) is 2. The smallest absolute Gasteiger partial charge is 0.262 e. The molecule has 0 bridgehead atoms. The number of tetrazole rings is 1. The van der Waals surface area contributed by atoms with Crippen LogP contribution in [0.1, 0.15) is 21.7 Å². The van der Waals surface area contributed by atoms with E-state index in [2.05, 4.69) is 74.1 Å². The fraction of sp³-hybridized carbons (Fsp3) is 0.0769. The predicted molar refractivity (Wildman–Crippen MR) is 192 cm³/mol. The third-order valence-corrected chi connectivity index (χ3v) is 8.56. The van der Waals surface area contributed by atoms with Gasteiger partial charge >= 0.3 is 0 Å². The van der Waals surface area contributed by atoms with Crippen molar-refractivity contribution >= 4 is 39.3 Å². The Morgan fingerprint density at radius 1 is 0.755 bits per heavy atom. The van der Waals surface area contributed by atoms with Crippen LogP contribution in [0.25, 0.3) is 44.2 Å². The van der Waals surface area contributed by atoms with Gasteiger partial charge in [-0.15, -0.1) is 10.2 Å². The number of aromatic nitrogens is 6. The SMILES string of the molecule is COc1ccc(-c2[nH]c3ccccc3c2-c2ccc(OC)cc2)cc1.O=C(c1ccc(Cl)cc1)n1cc(Cc2nn[nH]n2)c2ccccc21. The molecule has 0 unspecified atom stereocenters. The second-order valence-corrected chi connectivity index (χ2v) is 11.7. The number of carbonyl (C=O) groups is 1. The summed E-state index contributed by atoms with van der Waals surface area (Å²) in [6, 6.07) is 39.3. The number of H-pyrrole nitrogens is 2. The summed E-state index contributed by atoms with van der Waals surface area (Å²) in [7, 11) is 3.37. The molecule has 0 aliphatic carbocycles. The molecule has 8 rings (SSSR count). The van der Waals surface area contributed by atoms with E-state index in [1.165, 1.54) is 10.9 Å². The monoisotopic (exact) mass is 666 g/mol. The lowest BCUT2D eigenvalue weighted by atomic mass is 9.98. The van der Waals surface area contributed by atoms with E-state index < -0.39 is 0 Å². The van der Waals surface area contributed by atoms with Gasteiger partial charge in [0.1, 0.15) is 11.5 Å². The number of hydrogen-bond acceptors (Lipinski definition) is 6. The zero-order valence-corrected chi connectivity index (χ0v) is 27.5. The normalized spacial score (nSPS) is 10.9. The quantitative estimate of drug-likeness (QED) is 0.176. The highest BCUT2D eigenvalue weighted by molar-refractivity contribution is 6.30. The van der Waals surface area contributed by atoms with Crippen molar-refractivity contribution in [3.8, 4) is 33.9 Å². The molecule has 0 amide bonds. The van der Waals surface area contributed by atoms with Crippen LogP contribution in [-0.4, -0.2) is 50.3 Å². The Kier molecular flexibility index (Phi) is 8.90. The summed E-state index contributed by atoms with van der Waals surface area (Å²) in [6.07, 6.45) is 2.33. The van der Waals surface area contributed by atoms with Crippen LogP contribution >= 0.6 is 11.6 Å². The second-order valence-electron chi connectivity index (χ2n) is 11.2. The molecule has 5 aromatic carbocycles. The molecule has 0 fully saturated rings. The Morgan fingerprint density at radius 3 is 2.04 bits per heavy atom. The molecule has 0 atom stereocenters. The van der Waals surface area contributed by atoms with Gasteiger partial charge in [0, 0.05) is 45.1 Å². The lowest BCUT2D eigenvalue weighted by Gasteiger charge is -2.08. The van der Waals surface area contributed by atoms with Gasteiger partial charge < -0.3 is 14.5 Å². The minimum absolute atomic E-state index is 0.109. The summed E-state index contributed by atoms with van der Waals surface area (Å²) < 4.78 is 12.2. The van der Waals surface area contributed by atoms with Crippen LogP contribution in [0.15, 0.2) is 128 Å². The second kappa shape index (κ2) is 13.9. The minimum atomic E-state index is -0.109. The number of aromatic amines is 2. The molecule has 2 N–H and O–H groups in total. The fourth-order valence-electron chi connectivity index (χ4n) is 5.89. The summed E-state index contributed by atoms with van der Waals surface area (Å²) in [4.78, 5) is 16.4. The van der Waals surface area contributed by atoms with Crippen molar-refractivity contribution in [3.05, 3.63) is 149 Å². The van der Waals surface area contributed by atoms with E-state index in [0.29, 0.717) is 22.8 Å². The van der Waals surface area contributed by atoms with Gasteiger partial charge in [-0.1, -0.05) is 65.3 Å². The Morgan fingerprint density at radius 2 is 1.39 bits per heavy atom. The molecule has 0 aliphatic heterocycles. The van der Waals surface area contributed by atoms with Gasteiger partial charge in [-0.3, -0.25) is 9.36 Å². The fourth-order valence-corrected chi connectivity index (χ4v) is 6.02. The van der Waals surface area contributed by atoms with Crippen molar-refractivity contribution in [1.82, 2.24) is 30.2 Å². The van der Waals surface area contributed by atoms with Crippen molar-refractivity contribution in [2.24, 2.45) is 0 Å². The first-order valence-electron chi connectivity index (χ1n) is 15.5. The number of nitrogens with one attached hydrogen (secondary N) is 2. The van der Waals surface area contributed by atoms with E-state index in [9.17, 15) is 4.79 Å².